The summed E-state index contributed by atoms with van der Waals surface area (Å²) in [6, 6.07) is 12.2. The highest BCUT2D eigenvalue weighted by Gasteiger charge is 2.07. The van der Waals surface area contributed by atoms with E-state index in [9.17, 15) is 4.39 Å². The van der Waals surface area contributed by atoms with Crippen LogP contribution in [0.25, 0.3) is 0 Å². The van der Waals surface area contributed by atoms with Crippen molar-refractivity contribution < 1.29 is 4.39 Å². The molecule has 0 bridgehead atoms. The number of halogens is 3. The first-order chi connectivity index (χ1) is 9.11. The van der Waals surface area contributed by atoms with Crippen LogP contribution in [-0.2, 0) is 6.54 Å². The van der Waals surface area contributed by atoms with Gasteiger partial charge >= 0.3 is 0 Å². The number of anilines is 1. The monoisotopic (exact) mass is 338 g/mol. The third-order valence-corrected chi connectivity index (χ3v) is 3.39. The summed E-state index contributed by atoms with van der Waals surface area (Å²) >= 11 is 9.05. The third-order valence-electron chi connectivity index (χ3n) is 2.60. The van der Waals surface area contributed by atoms with Gasteiger partial charge in [-0.1, -0.05) is 39.7 Å². The Kier molecular flexibility index (Phi) is 4.41. The van der Waals surface area contributed by atoms with Crippen LogP contribution in [0.15, 0.2) is 40.9 Å². The Morgan fingerprint density at radius 2 is 2.11 bits per heavy atom. The maximum Gasteiger partial charge on any atom is 0.146 e. The van der Waals surface area contributed by atoms with Crippen molar-refractivity contribution >= 4 is 33.2 Å². The van der Waals surface area contributed by atoms with Crippen molar-refractivity contribution in [2.45, 2.75) is 6.54 Å². The quantitative estimate of drug-likeness (QED) is 0.878. The second-order valence-corrected chi connectivity index (χ2v) is 5.19. The molecule has 96 valence electrons. The lowest BCUT2D eigenvalue weighted by Crippen LogP contribution is -2.03. The first kappa shape index (κ1) is 13.9. The van der Waals surface area contributed by atoms with Gasteiger partial charge < -0.3 is 5.32 Å². The molecule has 5 heteroatoms. The summed E-state index contributed by atoms with van der Waals surface area (Å²) < 4.78 is 14.6. The molecular weight excluding hydrogens is 331 g/mol. The van der Waals surface area contributed by atoms with Gasteiger partial charge in [0.25, 0.3) is 0 Å². The van der Waals surface area contributed by atoms with Gasteiger partial charge in [0.2, 0.25) is 0 Å². The minimum absolute atomic E-state index is 0.0917. The van der Waals surface area contributed by atoms with Crippen LogP contribution in [0.4, 0.5) is 10.1 Å². The predicted octanol–water partition coefficient (Wildman–Crippen LogP) is 4.73. The molecule has 0 saturated carbocycles. The van der Waals surface area contributed by atoms with Crippen molar-refractivity contribution in [3.63, 3.8) is 0 Å². The molecule has 0 atom stereocenters. The van der Waals surface area contributed by atoms with Gasteiger partial charge in [-0.15, -0.1) is 0 Å². The summed E-state index contributed by atoms with van der Waals surface area (Å²) in [4.78, 5) is 0. The highest BCUT2D eigenvalue weighted by molar-refractivity contribution is 9.10. The van der Waals surface area contributed by atoms with Crippen LogP contribution in [0, 0.1) is 17.1 Å². The largest absolute Gasteiger partial charge is 0.380 e. The summed E-state index contributed by atoms with van der Waals surface area (Å²) in [5.74, 6) is -0.440. The van der Waals surface area contributed by atoms with E-state index in [1.54, 1.807) is 30.3 Å². The van der Waals surface area contributed by atoms with Crippen LogP contribution < -0.4 is 5.32 Å². The fourth-order valence-electron chi connectivity index (χ4n) is 1.64. The van der Waals surface area contributed by atoms with E-state index in [0.717, 1.165) is 4.47 Å². The first-order valence-electron chi connectivity index (χ1n) is 5.48. The first-order valence-corrected chi connectivity index (χ1v) is 6.65. The van der Waals surface area contributed by atoms with Gasteiger partial charge in [0.15, 0.2) is 0 Å². The summed E-state index contributed by atoms with van der Waals surface area (Å²) in [5, 5.41) is 12.1. The number of rotatable bonds is 3. The normalized spacial score (nSPS) is 10.0. The Balaban J connectivity index is 2.21. The minimum Gasteiger partial charge on any atom is -0.380 e. The van der Waals surface area contributed by atoms with Gasteiger partial charge in [-0.05, 0) is 24.3 Å². The Hall–Kier alpha value is -1.57. The molecule has 0 radical (unpaired) electrons. The Labute approximate surface area is 123 Å². The standard InChI is InChI=1S/C14H9BrClFN2/c15-11-5-4-9(7-18)13(6-11)19-8-10-2-1-3-12(16)14(10)17/h1-6,19H,8H2. The van der Waals surface area contributed by atoms with Crippen molar-refractivity contribution in [3.05, 3.63) is 62.8 Å². The van der Waals surface area contributed by atoms with Crippen LogP contribution in [0.5, 0.6) is 0 Å². The van der Waals surface area contributed by atoms with Crippen LogP contribution in [0.1, 0.15) is 11.1 Å². The summed E-state index contributed by atoms with van der Waals surface area (Å²) in [7, 11) is 0. The molecule has 2 rings (SSSR count). The van der Waals surface area contributed by atoms with E-state index in [2.05, 4.69) is 27.3 Å². The molecule has 0 unspecified atom stereocenters. The average Bonchev–Trinajstić information content (AvgIpc) is 2.40. The van der Waals surface area contributed by atoms with Crippen LogP contribution >= 0.6 is 27.5 Å². The van der Waals surface area contributed by atoms with Crippen molar-refractivity contribution in [2.75, 3.05) is 5.32 Å². The summed E-state index contributed by atoms with van der Waals surface area (Å²) in [5.41, 5.74) is 1.61. The lowest BCUT2D eigenvalue weighted by Gasteiger charge is -2.10. The number of hydrogen-bond acceptors (Lipinski definition) is 2. The van der Waals surface area contributed by atoms with E-state index in [-0.39, 0.29) is 11.6 Å². The molecule has 0 aliphatic heterocycles. The molecular formula is C14H9BrClFN2. The van der Waals surface area contributed by atoms with E-state index in [4.69, 9.17) is 16.9 Å². The molecule has 0 fully saturated rings. The zero-order chi connectivity index (χ0) is 13.8. The highest BCUT2D eigenvalue weighted by Crippen LogP contribution is 2.23. The minimum atomic E-state index is -0.440. The lowest BCUT2D eigenvalue weighted by atomic mass is 10.1. The van der Waals surface area contributed by atoms with Gasteiger partial charge in [0, 0.05) is 16.6 Å². The molecule has 19 heavy (non-hydrogen) atoms. The highest BCUT2D eigenvalue weighted by atomic mass is 79.9. The fraction of sp³-hybridized carbons (Fsp3) is 0.0714. The van der Waals surface area contributed by atoms with E-state index in [0.29, 0.717) is 16.8 Å². The summed E-state index contributed by atoms with van der Waals surface area (Å²) in [6.45, 7) is 0.261. The third kappa shape index (κ3) is 3.25. The lowest BCUT2D eigenvalue weighted by molar-refractivity contribution is 0.613. The molecule has 0 heterocycles. The van der Waals surface area contributed by atoms with Gasteiger partial charge in [-0.25, -0.2) is 4.39 Å². The predicted molar refractivity (Wildman–Crippen MR) is 77.6 cm³/mol. The molecule has 2 aromatic carbocycles. The molecule has 2 nitrogen and oxygen atoms in total. The second-order valence-electron chi connectivity index (χ2n) is 3.87. The Morgan fingerprint density at radius 3 is 2.84 bits per heavy atom. The topological polar surface area (TPSA) is 35.8 Å². The van der Waals surface area contributed by atoms with E-state index >= 15 is 0 Å². The van der Waals surface area contributed by atoms with Crippen LogP contribution in [0.3, 0.4) is 0 Å². The summed E-state index contributed by atoms with van der Waals surface area (Å²) in [6.07, 6.45) is 0. The smallest absolute Gasteiger partial charge is 0.146 e. The molecule has 0 aromatic heterocycles. The maximum atomic E-state index is 13.7. The number of nitrogens with one attached hydrogen (secondary N) is 1. The zero-order valence-electron chi connectivity index (χ0n) is 9.75. The van der Waals surface area contributed by atoms with Crippen molar-refractivity contribution in [1.82, 2.24) is 0 Å². The van der Waals surface area contributed by atoms with Crippen LogP contribution in [-0.4, -0.2) is 0 Å². The Morgan fingerprint density at radius 1 is 1.32 bits per heavy atom. The molecule has 0 spiro atoms. The van der Waals surface area contributed by atoms with Gasteiger partial charge in [-0.3, -0.25) is 0 Å². The van der Waals surface area contributed by atoms with E-state index in [1.807, 2.05) is 0 Å². The average molecular weight is 340 g/mol. The van der Waals surface area contributed by atoms with Gasteiger partial charge in [0.05, 0.1) is 16.3 Å². The number of nitriles is 1. The van der Waals surface area contributed by atoms with Crippen molar-refractivity contribution in [2.24, 2.45) is 0 Å². The zero-order valence-corrected chi connectivity index (χ0v) is 12.1. The van der Waals surface area contributed by atoms with Crippen molar-refractivity contribution in [1.29, 1.82) is 5.26 Å². The van der Waals surface area contributed by atoms with Crippen molar-refractivity contribution in [3.8, 4) is 6.07 Å². The fourth-order valence-corrected chi connectivity index (χ4v) is 2.19. The molecule has 0 amide bonds. The second kappa shape index (κ2) is 6.05. The molecule has 0 saturated heterocycles. The van der Waals surface area contributed by atoms with E-state index in [1.165, 1.54) is 6.07 Å². The number of benzene rings is 2. The molecule has 0 aliphatic rings. The maximum absolute atomic E-state index is 13.7. The number of nitrogens with zero attached hydrogens (tertiary/aromatic N) is 1. The van der Waals surface area contributed by atoms with Gasteiger partial charge in [-0.2, -0.15) is 5.26 Å². The van der Waals surface area contributed by atoms with E-state index < -0.39 is 5.82 Å². The SMILES string of the molecule is N#Cc1ccc(Br)cc1NCc1cccc(Cl)c1F. The molecule has 1 N–H and O–H groups in total. The molecule has 0 aliphatic carbocycles. The van der Waals surface area contributed by atoms with Crippen LogP contribution in [0.2, 0.25) is 5.02 Å². The van der Waals surface area contributed by atoms with Gasteiger partial charge in [0.1, 0.15) is 11.9 Å². The number of hydrogen-bond donors (Lipinski definition) is 1. The molecule has 2 aromatic rings. The Bertz CT molecular complexity index is 652.